The first-order valence-electron chi connectivity index (χ1n) is 3.77. The summed E-state index contributed by atoms with van der Waals surface area (Å²) >= 11 is 0. The van der Waals surface area contributed by atoms with Gasteiger partial charge in [-0.1, -0.05) is 0 Å². The number of amides is 1. The van der Waals surface area contributed by atoms with Gasteiger partial charge in [-0.15, -0.1) is 0 Å². The lowest BCUT2D eigenvalue weighted by atomic mass is 10.3. The first-order chi connectivity index (χ1) is 5.74. The molecule has 1 rings (SSSR count). The second kappa shape index (κ2) is 3.77. The van der Waals surface area contributed by atoms with Gasteiger partial charge in [0.15, 0.2) is 5.76 Å². The van der Waals surface area contributed by atoms with Crippen molar-refractivity contribution in [3.05, 3.63) is 11.8 Å². The number of carbonyl (C=O) groups excluding carboxylic acids is 1. The summed E-state index contributed by atoms with van der Waals surface area (Å²) in [5.41, 5.74) is 0. The fourth-order valence-electron chi connectivity index (χ4n) is 0.876. The Kier molecular flexibility index (Phi) is 2.70. The number of rotatable bonds is 2. The number of hydrogen-bond donors (Lipinski definition) is 1. The average molecular weight is 166 g/mol. The monoisotopic (exact) mass is 166 g/mol. The van der Waals surface area contributed by atoms with Crippen molar-refractivity contribution >= 4 is 5.91 Å². The van der Waals surface area contributed by atoms with Crippen molar-refractivity contribution in [1.82, 2.24) is 5.32 Å². The zero-order valence-electron chi connectivity index (χ0n) is 6.83. The minimum atomic E-state index is -0.470. The third-order valence-electron chi connectivity index (χ3n) is 1.47. The molecule has 0 saturated heterocycles. The number of nitrogens with zero attached hydrogens (tertiary/aromatic N) is 1. The minimum absolute atomic E-state index is 0.304. The fourth-order valence-corrected chi connectivity index (χ4v) is 0.876. The second-order valence-electron chi connectivity index (χ2n) is 2.53. The number of nitrogens with one attached hydrogen (secondary N) is 1. The summed E-state index contributed by atoms with van der Waals surface area (Å²) < 4.78 is 5.00. The van der Waals surface area contributed by atoms with Crippen LogP contribution in [-0.2, 0) is 9.53 Å². The van der Waals surface area contributed by atoms with E-state index in [0.29, 0.717) is 12.4 Å². The molecule has 0 fully saturated rings. The van der Waals surface area contributed by atoms with Crippen molar-refractivity contribution in [2.24, 2.45) is 0 Å². The molecule has 0 aromatic rings. The summed E-state index contributed by atoms with van der Waals surface area (Å²) in [4.78, 5) is 11.2. The zero-order chi connectivity index (χ0) is 8.97. The Hall–Kier alpha value is -1.50. The molecule has 0 radical (unpaired) electrons. The Balaban J connectivity index is 2.44. The van der Waals surface area contributed by atoms with Gasteiger partial charge in [0.1, 0.15) is 6.04 Å². The quantitative estimate of drug-likeness (QED) is 0.642. The lowest BCUT2D eigenvalue weighted by molar-refractivity contribution is -0.120. The molecule has 1 aliphatic heterocycles. The maximum atomic E-state index is 11.2. The number of ether oxygens (including phenoxy) is 1. The van der Waals surface area contributed by atoms with E-state index >= 15 is 0 Å². The van der Waals surface area contributed by atoms with Crippen LogP contribution in [0.5, 0.6) is 0 Å². The fraction of sp³-hybridized carbons (Fsp3) is 0.500. The van der Waals surface area contributed by atoms with Gasteiger partial charge in [-0.25, -0.2) is 0 Å². The number of carbonyl (C=O) groups is 1. The molecule has 0 aromatic carbocycles. The molecule has 0 saturated carbocycles. The Bertz CT molecular complexity index is 252. The summed E-state index contributed by atoms with van der Waals surface area (Å²) in [5, 5.41) is 10.9. The molecule has 1 atom stereocenters. The van der Waals surface area contributed by atoms with Gasteiger partial charge in [-0.2, -0.15) is 5.26 Å². The van der Waals surface area contributed by atoms with Crippen molar-refractivity contribution in [3.63, 3.8) is 0 Å². The van der Waals surface area contributed by atoms with E-state index < -0.39 is 6.04 Å². The van der Waals surface area contributed by atoms with Gasteiger partial charge in [-0.05, 0) is 13.0 Å². The molecule has 4 heteroatoms. The summed E-state index contributed by atoms with van der Waals surface area (Å²) in [6.07, 6.45) is 2.49. The topological polar surface area (TPSA) is 62.1 Å². The molecule has 1 heterocycles. The molecule has 1 amide bonds. The normalized spacial score (nSPS) is 17.2. The minimum Gasteiger partial charge on any atom is -0.488 e. The Morgan fingerprint density at radius 2 is 2.67 bits per heavy atom. The first-order valence-corrected chi connectivity index (χ1v) is 3.77. The van der Waals surface area contributed by atoms with E-state index in [0.717, 1.165) is 6.42 Å². The zero-order valence-corrected chi connectivity index (χ0v) is 6.83. The molecular formula is C8H10N2O2. The van der Waals surface area contributed by atoms with Gasteiger partial charge < -0.3 is 10.1 Å². The van der Waals surface area contributed by atoms with E-state index in [1.165, 1.54) is 0 Å². The molecule has 1 unspecified atom stereocenters. The van der Waals surface area contributed by atoms with Gasteiger partial charge in [-0.3, -0.25) is 4.79 Å². The molecule has 1 N–H and O–H groups in total. The number of nitriles is 1. The smallest absolute Gasteiger partial charge is 0.287 e. The van der Waals surface area contributed by atoms with Gasteiger partial charge >= 0.3 is 0 Å². The van der Waals surface area contributed by atoms with Crippen LogP contribution >= 0.6 is 0 Å². The molecule has 4 nitrogen and oxygen atoms in total. The van der Waals surface area contributed by atoms with Gasteiger partial charge in [0.2, 0.25) is 0 Å². The van der Waals surface area contributed by atoms with Crippen LogP contribution in [0.25, 0.3) is 0 Å². The summed E-state index contributed by atoms with van der Waals surface area (Å²) in [6.45, 7) is 2.18. The van der Waals surface area contributed by atoms with Crippen LogP contribution < -0.4 is 5.32 Å². The second-order valence-corrected chi connectivity index (χ2v) is 2.53. The standard InChI is InChI=1S/C8H10N2O2/c1-6(5-9)10-8(11)7-3-2-4-12-7/h3,6H,2,4H2,1H3,(H,10,11). The average Bonchev–Trinajstić information content (AvgIpc) is 2.56. The van der Waals surface area contributed by atoms with E-state index in [1.807, 2.05) is 6.07 Å². The SMILES string of the molecule is CC(C#N)NC(=O)C1=CCCO1. The maximum Gasteiger partial charge on any atom is 0.287 e. The molecule has 0 bridgehead atoms. The maximum absolute atomic E-state index is 11.2. The predicted octanol–water partition coefficient (Wildman–Crippen LogP) is 0.319. The lowest BCUT2D eigenvalue weighted by Crippen LogP contribution is -2.32. The predicted molar refractivity (Wildman–Crippen MR) is 41.9 cm³/mol. The molecule has 1 aliphatic rings. The lowest BCUT2D eigenvalue weighted by Gasteiger charge is -2.06. The Labute approximate surface area is 70.8 Å². The van der Waals surface area contributed by atoms with Crippen LogP contribution in [0, 0.1) is 11.3 Å². The highest BCUT2D eigenvalue weighted by molar-refractivity contribution is 5.92. The van der Waals surface area contributed by atoms with E-state index in [9.17, 15) is 4.79 Å². The first kappa shape index (κ1) is 8.60. The largest absolute Gasteiger partial charge is 0.488 e. The highest BCUT2D eigenvalue weighted by Gasteiger charge is 2.15. The van der Waals surface area contributed by atoms with Gasteiger partial charge in [0.25, 0.3) is 5.91 Å². The van der Waals surface area contributed by atoms with E-state index in [2.05, 4.69) is 5.32 Å². The van der Waals surface area contributed by atoms with Gasteiger partial charge in [0.05, 0.1) is 12.7 Å². The summed E-state index contributed by atoms with van der Waals surface area (Å²) in [5.74, 6) is 0.0265. The molecule has 0 aliphatic carbocycles. The van der Waals surface area contributed by atoms with Crippen LogP contribution in [0.2, 0.25) is 0 Å². The Morgan fingerprint density at radius 1 is 1.92 bits per heavy atom. The molecule has 0 aromatic heterocycles. The van der Waals surface area contributed by atoms with Crippen molar-refractivity contribution in [2.75, 3.05) is 6.61 Å². The van der Waals surface area contributed by atoms with Crippen LogP contribution in [0.4, 0.5) is 0 Å². The van der Waals surface area contributed by atoms with Crippen molar-refractivity contribution in [3.8, 4) is 6.07 Å². The molecule has 12 heavy (non-hydrogen) atoms. The van der Waals surface area contributed by atoms with Crippen molar-refractivity contribution in [2.45, 2.75) is 19.4 Å². The molecule has 64 valence electrons. The third-order valence-corrected chi connectivity index (χ3v) is 1.47. The van der Waals surface area contributed by atoms with Crippen LogP contribution in [0.15, 0.2) is 11.8 Å². The Morgan fingerprint density at radius 3 is 3.17 bits per heavy atom. The number of hydrogen-bond acceptors (Lipinski definition) is 3. The van der Waals surface area contributed by atoms with E-state index in [4.69, 9.17) is 10.00 Å². The van der Waals surface area contributed by atoms with Crippen molar-refractivity contribution < 1.29 is 9.53 Å². The third kappa shape index (κ3) is 1.99. The van der Waals surface area contributed by atoms with Crippen LogP contribution in [0.3, 0.4) is 0 Å². The van der Waals surface area contributed by atoms with Crippen LogP contribution in [-0.4, -0.2) is 18.6 Å². The molecule has 0 spiro atoms. The summed E-state index contributed by atoms with van der Waals surface area (Å²) in [6, 6.07) is 1.43. The van der Waals surface area contributed by atoms with E-state index in [1.54, 1.807) is 13.0 Å². The highest BCUT2D eigenvalue weighted by Crippen LogP contribution is 2.08. The van der Waals surface area contributed by atoms with Gasteiger partial charge in [0, 0.05) is 6.42 Å². The van der Waals surface area contributed by atoms with Crippen molar-refractivity contribution in [1.29, 1.82) is 5.26 Å². The highest BCUT2D eigenvalue weighted by atomic mass is 16.5. The van der Waals surface area contributed by atoms with E-state index in [-0.39, 0.29) is 5.91 Å². The van der Waals surface area contributed by atoms with Crippen LogP contribution in [0.1, 0.15) is 13.3 Å². The molecular weight excluding hydrogens is 156 g/mol. The summed E-state index contributed by atoms with van der Waals surface area (Å²) in [7, 11) is 0.